The lowest BCUT2D eigenvalue weighted by Crippen LogP contribution is -1.66. The summed E-state index contributed by atoms with van der Waals surface area (Å²) in [5, 5.41) is 0. The molecule has 0 saturated carbocycles. The molecule has 0 aromatic carbocycles. The van der Waals surface area contributed by atoms with Crippen molar-refractivity contribution in [3.05, 3.63) is 0 Å². The van der Waals surface area contributed by atoms with Gasteiger partial charge in [0.25, 0.3) is 0 Å². The van der Waals surface area contributed by atoms with Crippen molar-refractivity contribution in [2.45, 2.75) is 0 Å². The van der Waals surface area contributed by atoms with Crippen molar-refractivity contribution in [2.75, 3.05) is 0 Å². The van der Waals surface area contributed by atoms with Gasteiger partial charge in [0.05, 0.1) is 0 Å². The van der Waals surface area contributed by atoms with Crippen LogP contribution in [-0.2, 0) is 10.1 Å². The number of thiol groups is 1. The average molecular weight is 162 g/mol. The van der Waals surface area contributed by atoms with E-state index in [0.717, 1.165) is 19.7 Å². The first kappa shape index (κ1) is 7.16. The summed E-state index contributed by atoms with van der Waals surface area (Å²) >= 11 is 3.59. The van der Waals surface area contributed by atoms with Crippen LogP contribution >= 0.6 is 31.3 Å². The highest BCUT2D eigenvalue weighted by Crippen LogP contribution is 2.26. The highest BCUT2D eigenvalue weighted by molar-refractivity contribution is 9.20. The zero-order valence-corrected chi connectivity index (χ0v) is 5.87. The monoisotopic (exact) mass is 162 g/mol. The Morgan fingerprint density at radius 3 is 2.33 bits per heavy atom. The molecule has 0 aromatic heterocycles. The first-order valence-electron chi connectivity index (χ1n) is 0.865. The molecule has 0 spiro atoms. The zero-order valence-electron chi connectivity index (χ0n) is 2.53. The smallest absolute Gasteiger partial charge is 0.228 e. The van der Waals surface area contributed by atoms with Crippen molar-refractivity contribution in [1.29, 1.82) is 0 Å². The van der Waals surface area contributed by atoms with Crippen LogP contribution in [0.3, 0.4) is 0 Å². The fourth-order valence-corrected chi connectivity index (χ4v) is 2.11. The van der Waals surface area contributed by atoms with Gasteiger partial charge in [-0.1, -0.05) is 11.7 Å². The number of hydrogen-bond donors (Lipinski definition) is 2. The van der Waals surface area contributed by atoms with Gasteiger partial charge in [0, 0.05) is 9.83 Å². The molecule has 0 bridgehead atoms. The van der Waals surface area contributed by atoms with Gasteiger partial charge in [0.1, 0.15) is 0 Å². The Kier molecular flexibility index (Phi) is 5.16. The largest absolute Gasteiger partial charge is 0.297 e. The van der Waals surface area contributed by atoms with Gasteiger partial charge in [0.15, 0.2) is 0 Å². The quantitative estimate of drug-likeness (QED) is 0.365. The Labute approximate surface area is 50.4 Å². The Hall–Kier alpha value is 1.16. The van der Waals surface area contributed by atoms with E-state index < -0.39 is 10.1 Å². The van der Waals surface area contributed by atoms with Crippen molar-refractivity contribution in [3.8, 4) is 0 Å². The standard InChI is InChI=1S/H2O2S4/c1-6(2)5-4-3/h3H,(H,1,2). The van der Waals surface area contributed by atoms with Crippen LogP contribution in [0.25, 0.3) is 0 Å². The third-order valence-electron chi connectivity index (χ3n) is 0.0886. The first-order valence-corrected chi connectivity index (χ1v) is 5.69. The SMILES string of the molecule is O=S(O)SSS. The molecule has 0 amide bonds. The van der Waals surface area contributed by atoms with E-state index in [4.69, 9.17) is 4.55 Å². The first-order chi connectivity index (χ1) is 2.77. The Bertz CT molecular complexity index is 49.5. The van der Waals surface area contributed by atoms with E-state index in [9.17, 15) is 4.21 Å². The van der Waals surface area contributed by atoms with Crippen LogP contribution < -0.4 is 0 Å². The predicted molar refractivity (Wildman–Crippen MR) is 34.9 cm³/mol. The summed E-state index contributed by atoms with van der Waals surface area (Å²) in [4.78, 5) is 0. The molecule has 0 aliphatic carbocycles. The summed E-state index contributed by atoms with van der Waals surface area (Å²) in [6, 6.07) is 0. The summed E-state index contributed by atoms with van der Waals surface area (Å²) in [5.74, 6) is 0. The van der Waals surface area contributed by atoms with Gasteiger partial charge < -0.3 is 0 Å². The van der Waals surface area contributed by atoms with Gasteiger partial charge >= 0.3 is 0 Å². The highest BCUT2D eigenvalue weighted by Gasteiger charge is 1.86. The molecule has 1 atom stereocenters. The van der Waals surface area contributed by atoms with Crippen LogP contribution in [0.1, 0.15) is 0 Å². The van der Waals surface area contributed by atoms with Crippen LogP contribution in [0.4, 0.5) is 0 Å². The molecule has 0 aliphatic heterocycles. The normalized spacial score (nSPS) is 14.3. The minimum atomic E-state index is -1.76. The third kappa shape index (κ3) is 5.16. The molecular weight excluding hydrogens is 160 g/mol. The molecule has 0 aliphatic rings. The zero-order chi connectivity index (χ0) is 4.99. The third-order valence-corrected chi connectivity index (χ3v) is 4.04. The lowest BCUT2D eigenvalue weighted by atomic mass is 15.9. The fraction of sp³-hybridized carbons (Fsp3) is 0. The molecule has 0 aromatic rings. The minimum Gasteiger partial charge on any atom is -0.297 e. The van der Waals surface area contributed by atoms with Crippen LogP contribution in [0.2, 0.25) is 0 Å². The molecular formula is H2O2S4. The van der Waals surface area contributed by atoms with E-state index in [1.54, 1.807) is 0 Å². The summed E-state index contributed by atoms with van der Waals surface area (Å²) in [7, 11) is 0.00309. The molecule has 6 heavy (non-hydrogen) atoms. The molecule has 0 heterocycles. The fourth-order valence-electron chi connectivity index (χ4n) is 0.0260. The summed E-state index contributed by atoms with van der Waals surface area (Å²) in [5.41, 5.74) is 0. The Morgan fingerprint density at radius 1 is 1.83 bits per heavy atom. The van der Waals surface area contributed by atoms with Crippen LogP contribution in [-0.4, -0.2) is 8.76 Å². The number of hydrogen-bond acceptors (Lipinski definition) is 4. The molecule has 0 saturated heterocycles. The maximum atomic E-state index is 9.60. The van der Waals surface area contributed by atoms with E-state index in [0.29, 0.717) is 0 Å². The Balaban J connectivity index is 2.83. The van der Waals surface area contributed by atoms with E-state index in [-0.39, 0.29) is 0 Å². The molecule has 38 valence electrons. The minimum absolute atomic E-state index is 0.795. The molecule has 1 N–H and O–H groups in total. The Morgan fingerprint density at radius 2 is 2.33 bits per heavy atom. The average Bonchev–Trinajstić information content (AvgIpc) is 1.35. The van der Waals surface area contributed by atoms with Crippen molar-refractivity contribution in [3.63, 3.8) is 0 Å². The van der Waals surface area contributed by atoms with Crippen molar-refractivity contribution >= 4 is 41.4 Å². The van der Waals surface area contributed by atoms with Crippen molar-refractivity contribution in [2.24, 2.45) is 0 Å². The maximum absolute atomic E-state index is 9.60. The van der Waals surface area contributed by atoms with E-state index >= 15 is 0 Å². The molecule has 6 heteroatoms. The lowest BCUT2D eigenvalue weighted by molar-refractivity contribution is 0.581. The summed E-state index contributed by atoms with van der Waals surface area (Å²) in [6.07, 6.45) is 0. The van der Waals surface area contributed by atoms with Crippen molar-refractivity contribution in [1.82, 2.24) is 0 Å². The summed E-state index contributed by atoms with van der Waals surface area (Å²) in [6.45, 7) is 0. The van der Waals surface area contributed by atoms with Crippen LogP contribution in [0, 0.1) is 0 Å². The van der Waals surface area contributed by atoms with Gasteiger partial charge in [0.2, 0.25) is 10.1 Å². The number of rotatable bonds is 2. The molecule has 0 fully saturated rings. The topological polar surface area (TPSA) is 37.3 Å². The van der Waals surface area contributed by atoms with Gasteiger partial charge in [-0.3, -0.25) is 4.55 Å². The van der Waals surface area contributed by atoms with Gasteiger partial charge in [-0.25, -0.2) is 4.21 Å². The van der Waals surface area contributed by atoms with Gasteiger partial charge in [-0.05, 0) is 9.83 Å². The van der Waals surface area contributed by atoms with E-state index in [1.165, 1.54) is 0 Å². The van der Waals surface area contributed by atoms with Gasteiger partial charge in [-0.15, -0.1) is 0 Å². The van der Waals surface area contributed by atoms with Gasteiger partial charge in [-0.2, -0.15) is 0 Å². The van der Waals surface area contributed by atoms with Crippen molar-refractivity contribution < 1.29 is 8.76 Å². The molecule has 2 nitrogen and oxygen atoms in total. The van der Waals surface area contributed by atoms with E-state index in [2.05, 4.69) is 11.7 Å². The summed E-state index contributed by atoms with van der Waals surface area (Å²) < 4.78 is 17.5. The van der Waals surface area contributed by atoms with Crippen LogP contribution in [0.15, 0.2) is 0 Å². The second-order valence-corrected chi connectivity index (χ2v) is 5.36. The van der Waals surface area contributed by atoms with E-state index in [1.807, 2.05) is 0 Å². The second-order valence-electron chi connectivity index (χ2n) is 0.360. The molecule has 0 rings (SSSR count). The van der Waals surface area contributed by atoms with Crippen LogP contribution in [0.5, 0.6) is 0 Å². The predicted octanol–water partition coefficient (Wildman–Crippen LogP) is 1.35. The maximum Gasteiger partial charge on any atom is 0.228 e. The molecule has 0 radical (unpaired) electrons. The molecule has 1 unspecified atom stereocenters. The lowest BCUT2D eigenvalue weighted by Gasteiger charge is -1.78. The second kappa shape index (κ2) is 4.32. The highest BCUT2D eigenvalue weighted by atomic mass is 33.7.